The summed E-state index contributed by atoms with van der Waals surface area (Å²) in [6.45, 7) is 0. The van der Waals surface area contributed by atoms with Gasteiger partial charge in [-0.15, -0.1) is 0 Å². The van der Waals surface area contributed by atoms with Gasteiger partial charge in [-0.2, -0.15) is 0 Å². The number of esters is 1. The molecule has 0 radical (unpaired) electrons. The number of carbonyl (C=O) groups is 2. The van der Waals surface area contributed by atoms with E-state index in [-0.39, 0.29) is 11.9 Å². The number of ether oxygens (including phenoxy) is 1. The number of hydrogen-bond donors (Lipinski definition) is 1. The van der Waals surface area contributed by atoms with Gasteiger partial charge in [0.25, 0.3) is 5.91 Å². The Hall–Kier alpha value is -2.62. The van der Waals surface area contributed by atoms with Crippen molar-refractivity contribution in [3.8, 4) is 5.75 Å². The van der Waals surface area contributed by atoms with Gasteiger partial charge in [0, 0.05) is 17.7 Å². The molecule has 130 valence electrons. The predicted octanol–water partition coefficient (Wildman–Crippen LogP) is 4.81. The van der Waals surface area contributed by atoms with Crippen LogP contribution >= 0.6 is 0 Å². The molecule has 0 unspecified atom stereocenters. The number of amides is 1. The fraction of sp³-hybridized carbons (Fsp3) is 0.333. The lowest BCUT2D eigenvalue weighted by molar-refractivity contribution is -0.135. The minimum atomic E-state index is -0.173. The third-order valence-corrected chi connectivity index (χ3v) is 4.56. The molecule has 25 heavy (non-hydrogen) atoms. The molecule has 0 bridgehead atoms. The van der Waals surface area contributed by atoms with Gasteiger partial charge < -0.3 is 10.1 Å². The summed E-state index contributed by atoms with van der Waals surface area (Å²) < 4.78 is 5.41. The van der Waals surface area contributed by atoms with Crippen molar-refractivity contribution in [1.29, 1.82) is 0 Å². The summed E-state index contributed by atoms with van der Waals surface area (Å²) in [4.78, 5) is 24.1. The van der Waals surface area contributed by atoms with Crippen molar-refractivity contribution < 1.29 is 14.3 Å². The Morgan fingerprint density at radius 3 is 2.28 bits per heavy atom. The van der Waals surface area contributed by atoms with Crippen molar-refractivity contribution in [1.82, 2.24) is 0 Å². The lowest BCUT2D eigenvalue weighted by Crippen LogP contribution is -2.16. The largest absolute Gasteiger partial charge is 0.427 e. The minimum Gasteiger partial charge on any atom is -0.427 e. The van der Waals surface area contributed by atoms with Crippen LogP contribution in [0.5, 0.6) is 5.75 Å². The van der Waals surface area contributed by atoms with E-state index in [0.29, 0.717) is 29.3 Å². The van der Waals surface area contributed by atoms with Crippen LogP contribution in [-0.4, -0.2) is 11.9 Å². The first-order valence-corrected chi connectivity index (χ1v) is 8.88. The first kappa shape index (κ1) is 17.2. The van der Waals surface area contributed by atoms with E-state index < -0.39 is 0 Å². The van der Waals surface area contributed by atoms with Crippen molar-refractivity contribution in [2.75, 3.05) is 5.32 Å². The SMILES string of the molecule is O=C(CC1CCCCC1)Oc1ccc(NC(=O)c2ccccc2)cc1. The molecular weight excluding hydrogens is 314 g/mol. The molecule has 4 heteroatoms. The normalized spacial score (nSPS) is 14.7. The van der Waals surface area contributed by atoms with Crippen LogP contribution in [0, 0.1) is 5.92 Å². The number of carbonyl (C=O) groups excluding carboxylic acids is 2. The third-order valence-electron chi connectivity index (χ3n) is 4.56. The van der Waals surface area contributed by atoms with Crippen LogP contribution in [0.2, 0.25) is 0 Å². The molecular formula is C21H23NO3. The van der Waals surface area contributed by atoms with Crippen molar-refractivity contribution in [2.45, 2.75) is 38.5 Å². The molecule has 1 saturated carbocycles. The van der Waals surface area contributed by atoms with Gasteiger partial charge in [-0.3, -0.25) is 9.59 Å². The summed E-state index contributed by atoms with van der Waals surface area (Å²) in [5.41, 5.74) is 1.27. The Labute approximate surface area is 148 Å². The van der Waals surface area contributed by atoms with Crippen LogP contribution in [0.3, 0.4) is 0 Å². The Balaban J connectivity index is 1.51. The second-order valence-corrected chi connectivity index (χ2v) is 6.53. The van der Waals surface area contributed by atoms with Crippen LogP contribution in [0.4, 0.5) is 5.69 Å². The molecule has 1 aliphatic carbocycles. The van der Waals surface area contributed by atoms with Crippen LogP contribution in [-0.2, 0) is 4.79 Å². The summed E-state index contributed by atoms with van der Waals surface area (Å²) in [7, 11) is 0. The lowest BCUT2D eigenvalue weighted by Gasteiger charge is -2.20. The van der Waals surface area contributed by atoms with Crippen molar-refractivity contribution in [2.24, 2.45) is 5.92 Å². The highest BCUT2D eigenvalue weighted by Crippen LogP contribution is 2.27. The number of nitrogens with one attached hydrogen (secondary N) is 1. The fourth-order valence-corrected chi connectivity index (χ4v) is 3.20. The smallest absolute Gasteiger partial charge is 0.311 e. The number of benzene rings is 2. The molecule has 0 atom stereocenters. The molecule has 2 aromatic carbocycles. The van der Waals surface area contributed by atoms with E-state index in [4.69, 9.17) is 4.74 Å². The van der Waals surface area contributed by atoms with Crippen LogP contribution in [0.15, 0.2) is 54.6 Å². The molecule has 0 saturated heterocycles. The van der Waals surface area contributed by atoms with Gasteiger partial charge in [0.15, 0.2) is 0 Å². The standard InChI is InChI=1S/C21H23NO3/c23-20(15-16-7-3-1-4-8-16)25-19-13-11-18(12-14-19)22-21(24)17-9-5-2-6-10-17/h2,5-6,9-14,16H,1,3-4,7-8,15H2,(H,22,24). The lowest BCUT2D eigenvalue weighted by atomic mass is 9.87. The third kappa shape index (κ3) is 5.18. The van der Waals surface area contributed by atoms with Gasteiger partial charge >= 0.3 is 5.97 Å². The summed E-state index contributed by atoms with van der Waals surface area (Å²) in [6.07, 6.45) is 6.45. The van der Waals surface area contributed by atoms with E-state index in [2.05, 4.69) is 5.32 Å². The van der Waals surface area contributed by atoms with Crippen molar-refractivity contribution in [3.63, 3.8) is 0 Å². The Morgan fingerprint density at radius 2 is 1.60 bits per heavy atom. The number of hydrogen-bond acceptors (Lipinski definition) is 3. The van der Waals surface area contributed by atoms with E-state index in [1.54, 1.807) is 36.4 Å². The molecule has 1 aliphatic rings. The molecule has 1 fully saturated rings. The van der Waals surface area contributed by atoms with E-state index in [0.717, 1.165) is 12.8 Å². The first-order chi connectivity index (χ1) is 12.2. The maximum Gasteiger partial charge on any atom is 0.311 e. The van der Waals surface area contributed by atoms with Gasteiger partial charge in [-0.25, -0.2) is 0 Å². The molecule has 4 nitrogen and oxygen atoms in total. The van der Waals surface area contributed by atoms with E-state index in [1.807, 2.05) is 18.2 Å². The molecule has 0 heterocycles. The van der Waals surface area contributed by atoms with Gasteiger partial charge in [0.2, 0.25) is 0 Å². The maximum atomic E-state index is 12.1. The summed E-state index contributed by atoms with van der Waals surface area (Å²) in [5, 5.41) is 2.83. The second kappa shape index (κ2) is 8.47. The van der Waals surface area contributed by atoms with Gasteiger partial charge in [-0.1, -0.05) is 37.5 Å². The second-order valence-electron chi connectivity index (χ2n) is 6.53. The number of anilines is 1. The molecule has 0 aromatic heterocycles. The Morgan fingerprint density at radius 1 is 0.920 bits per heavy atom. The predicted molar refractivity (Wildman–Crippen MR) is 97.7 cm³/mol. The summed E-state index contributed by atoms with van der Waals surface area (Å²) >= 11 is 0. The van der Waals surface area contributed by atoms with Gasteiger partial charge in [0.05, 0.1) is 0 Å². The van der Waals surface area contributed by atoms with Crippen molar-refractivity contribution in [3.05, 3.63) is 60.2 Å². The average molecular weight is 337 g/mol. The van der Waals surface area contributed by atoms with Gasteiger partial charge in [0.1, 0.15) is 5.75 Å². The summed E-state index contributed by atoms with van der Waals surface area (Å²) in [6, 6.07) is 15.9. The quantitative estimate of drug-likeness (QED) is 0.629. The first-order valence-electron chi connectivity index (χ1n) is 8.88. The van der Waals surface area contributed by atoms with E-state index in [1.165, 1.54) is 19.3 Å². The molecule has 0 spiro atoms. The maximum absolute atomic E-state index is 12.1. The van der Waals surface area contributed by atoms with Crippen LogP contribution in [0.1, 0.15) is 48.9 Å². The fourth-order valence-electron chi connectivity index (χ4n) is 3.20. The monoisotopic (exact) mass is 337 g/mol. The zero-order valence-corrected chi connectivity index (χ0v) is 14.2. The minimum absolute atomic E-state index is 0.164. The zero-order chi connectivity index (χ0) is 17.5. The van der Waals surface area contributed by atoms with E-state index >= 15 is 0 Å². The summed E-state index contributed by atoms with van der Waals surface area (Å²) in [5.74, 6) is 0.639. The highest BCUT2D eigenvalue weighted by molar-refractivity contribution is 6.04. The molecule has 3 rings (SSSR count). The van der Waals surface area contributed by atoms with Gasteiger partial charge in [-0.05, 0) is 55.2 Å². The molecule has 1 N–H and O–H groups in total. The topological polar surface area (TPSA) is 55.4 Å². The van der Waals surface area contributed by atoms with Crippen molar-refractivity contribution >= 4 is 17.6 Å². The Bertz CT molecular complexity index is 704. The molecule has 2 aromatic rings. The highest BCUT2D eigenvalue weighted by Gasteiger charge is 2.18. The number of rotatable bonds is 5. The Kier molecular flexibility index (Phi) is 5.83. The average Bonchev–Trinajstić information content (AvgIpc) is 2.65. The zero-order valence-electron chi connectivity index (χ0n) is 14.2. The van der Waals surface area contributed by atoms with E-state index in [9.17, 15) is 9.59 Å². The van der Waals surface area contributed by atoms with Crippen LogP contribution < -0.4 is 10.1 Å². The highest BCUT2D eigenvalue weighted by atomic mass is 16.5. The van der Waals surface area contributed by atoms with Crippen LogP contribution in [0.25, 0.3) is 0 Å². The molecule has 0 aliphatic heterocycles. The molecule has 1 amide bonds.